The molecule has 6 nitrogen and oxygen atoms in total. The molecule has 2 aromatic rings. The molecule has 0 unspecified atom stereocenters. The average Bonchev–Trinajstić information content (AvgIpc) is 2.97. The first kappa shape index (κ1) is 18.3. The summed E-state index contributed by atoms with van der Waals surface area (Å²) in [7, 11) is 1.86. The minimum Gasteiger partial charge on any atom is -0.492 e. The van der Waals surface area contributed by atoms with Gasteiger partial charge in [-0.1, -0.05) is 18.5 Å². The van der Waals surface area contributed by atoms with Gasteiger partial charge in [-0.2, -0.15) is 0 Å². The molecule has 0 fully saturated rings. The lowest BCUT2D eigenvalue weighted by molar-refractivity contribution is 0.0704. The third kappa shape index (κ3) is 4.49. The molecular formula is C17H22ClN3O3. The van der Waals surface area contributed by atoms with Crippen LogP contribution in [0.25, 0.3) is 0 Å². The van der Waals surface area contributed by atoms with Crippen LogP contribution in [-0.4, -0.2) is 45.2 Å². The van der Waals surface area contributed by atoms with Crippen LogP contribution in [0, 0.1) is 0 Å². The van der Waals surface area contributed by atoms with Gasteiger partial charge >= 0.3 is 0 Å². The van der Waals surface area contributed by atoms with Gasteiger partial charge in [-0.15, -0.1) is 0 Å². The number of ether oxygens (including phenoxy) is 1. The Bertz CT molecular complexity index is 687. The SMILES string of the molecule is CCCOc1ccc(C(=O)N(CCO)Cc2cncn2C)cc1Cl. The van der Waals surface area contributed by atoms with E-state index in [0.717, 1.165) is 12.1 Å². The van der Waals surface area contributed by atoms with Gasteiger partial charge < -0.3 is 19.3 Å². The Morgan fingerprint density at radius 2 is 2.25 bits per heavy atom. The van der Waals surface area contributed by atoms with E-state index in [0.29, 0.717) is 29.5 Å². The molecule has 0 spiro atoms. The molecule has 0 bridgehead atoms. The van der Waals surface area contributed by atoms with Crippen molar-refractivity contribution >= 4 is 17.5 Å². The molecule has 130 valence electrons. The highest BCUT2D eigenvalue weighted by Crippen LogP contribution is 2.26. The predicted octanol–water partition coefficient (Wildman–Crippen LogP) is 2.50. The maximum Gasteiger partial charge on any atom is 0.254 e. The second-order valence-electron chi connectivity index (χ2n) is 5.44. The molecule has 0 aliphatic rings. The van der Waals surface area contributed by atoms with Crippen LogP contribution in [0.1, 0.15) is 29.4 Å². The average molecular weight is 352 g/mol. The summed E-state index contributed by atoms with van der Waals surface area (Å²) < 4.78 is 7.36. The summed E-state index contributed by atoms with van der Waals surface area (Å²) in [6, 6.07) is 4.99. The third-order valence-electron chi connectivity index (χ3n) is 3.57. The van der Waals surface area contributed by atoms with Crippen LogP contribution in [0.5, 0.6) is 5.75 Å². The zero-order valence-electron chi connectivity index (χ0n) is 13.9. The highest BCUT2D eigenvalue weighted by atomic mass is 35.5. The lowest BCUT2D eigenvalue weighted by atomic mass is 10.2. The molecule has 0 saturated heterocycles. The summed E-state index contributed by atoms with van der Waals surface area (Å²) >= 11 is 6.20. The van der Waals surface area contributed by atoms with Gasteiger partial charge in [-0.25, -0.2) is 4.98 Å². The number of aliphatic hydroxyl groups excluding tert-OH is 1. The van der Waals surface area contributed by atoms with Crippen molar-refractivity contribution in [2.24, 2.45) is 7.05 Å². The monoisotopic (exact) mass is 351 g/mol. The van der Waals surface area contributed by atoms with Crippen molar-refractivity contribution in [2.45, 2.75) is 19.9 Å². The van der Waals surface area contributed by atoms with Gasteiger partial charge in [0.2, 0.25) is 0 Å². The number of imidazole rings is 1. The molecule has 7 heteroatoms. The number of aryl methyl sites for hydroxylation is 1. The van der Waals surface area contributed by atoms with E-state index < -0.39 is 0 Å². The largest absolute Gasteiger partial charge is 0.492 e. The van der Waals surface area contributed by atoms with Crippen molar-refractivity contribution in [3.8, 4) is 5.75 Å². The van der Waals surface area contributed by atoms with Gasteiger partial charge in [0, 0.05) is 25.4 Å². The fourth-order valence-corrected chi connectivity index (χ4v) is 2.49. The summed E-state index contributed by atoms with van der Waals surface area (Å²) in [5, 5.41) is 9.67. The number of aliphatic hydroxyl groups is 1. The van der Waals surface area contributed by atoms with Crippen LogP contribution in [-0.2, 0) is 13.6 Å². The van der Waals surface area contributed by atoms with E-state index in [2.05, 4.69) is 4.98 Å². The topological polar surface area (TPSA) is 67.6 Å². The third-order valence-corrected chi connectivity index (χ3v) is 3.86. The molecular weight excluding hydrogens is 330 g/mol. The Morgan fingerprint density at radius 3 is 2.83 bits per heavy atom. The van der Waals surface area contributed by atoms with Gasteiger partial charge in [-0.3, -0.25) is 4.79 Å². The van der Waals surface area contributed by atoms with Crippen molar-refractivity contribution < 1.29 is 14.6 Å². The zero-order valence-corrected chi connectivity index (χ0v) is 14.7. The van der Waals surface area contributed by atoms with E-state index in [-0.39, 0.29) is 19.1 Å². The minimum atomic E-state index is -0.200. The van der Waals surface area contributed by atoms with Crippen molar-refractivity contribution in [2.75, 3.05) is 19.8 Å². The fraction of sp³-hybridized carbons (Fsp3) is 0.412. The lowest BCUT2D eigenvalue weighted by Crippen LogP contribution is -2.33. The normalized spacial score (nSPS) is 10.7. The van der Waals surface area contributed by atoms with Crippen molar-refractivity contribution in [3.63, 3.8) is 0 Å². The molecule has 0 aliphatic carbocycles. The maximum absolute atomic E-state index is 12.7. The standard InChI is InChI=1S/C17H22ClN3O3/c1-3-8-24-16-5-4-13(9-15(16)18)17(23)21(6-7-22)11-14-10-19-12-20(14)2/h4-5,9-10,12,22H,3,6-8,11H2,1-2H3. The van der Waals surface area contributed by atoms with E-state index in [1.165, 1.54) is 0 Å². The first-order valence-corrected chi connectivity index (χ1v) is 8.22. The van der Waals surface area contributed by atoms with Crippen LogP contribution in [0.2, 0.25) is 5.02 Å². The molecule has 1 aromatic heterocycles. The summed E-state index contributed by atoms with van der Waals surface area (Å²) in [4.78, 5) is 18.3. The molecule has 1 aromatic carbocycles. The molecule has 0 atom stereocenters. The Morgan fingerprint density at radius 1 is 1.46 bits per heavy atom. The zero-order chi connectivity index (χ0) is 17.5. The second-order valence-corrected chi connectivity index (χ2v) is 5.85. The number of carbonyl (C=O) groups is 1. The van der Waals surface area contributed by atoms with Crippen LogP contribution in [0.3, 0.4) is 0 Å². The smallest absolute Gasteiger partial charge is 0.254 e. The quantitative estimate of drug-likeness (QED) is 0.793. The molecule has 0 saturated carbocycles. The van der Waals surface area contributed by atoms with Crippen LogP contribution in [0.4, 0.5) is 0 Å². The summed E-state index contributed by atoms with van der Waals surface area (Å²) in [5.74, 6) is 0.365. The summed E-state index contributed by atoms with van der Waals surface area (Å²) in [6.07, 6.45) is 4.26. The number of amides is 1. The number of aromatic nitrogens is 2. The molecule has 2 rings (SSSR count). The first-order valence-electron chi connectivity index (χ1n) is 7.84. The summed E-state index contributed by atoms with van der Waals surface area (Å²) in [5.41, 5.74) is 1.34. The molecule has 0 radical (unpaired) electrons. The number of nitrogens with zero attached hydrogens (tertiary/aromatic N) is 3. The number of halogens is 1. The van der Waals surface area contributed by atoms with Crippen LogP contribution < -0.4 is 4.74 Å². The number of hydrogen-bond acceptors (Lipinski definition) is 4. The number of benzene rings is 1. The lowest BCUT2D eigenvalue weighted by Gasteiger charge is -2.22. The predicted molar refractivity (Wildman–Crippen MR) is 92.3 cm³/mol. The molecule has 1 heterocycles. The maximum atomic E-state index is 12.7. The Labute approximate surface area is 146 Å². The Hall–Kier alpha value is -2.05. The van der Waals surface area contributed by atoms with Gasteiger partial charge in [0.25, 0.3) is 5.91 Å². The van der Waals surface area contributed by atoms with E-state index in [9.17, 15) is 9.90 Å². The second kappa shape index (κ2) is 8.70. The van der Waals surface area contributed by atoms with Gasteiger partial charge in [0.05, 0.1) is 36.8 Å². The van der Waals surface area contributed by atoms with Gasteiger partial charge in [0.15, 0.2) is 0 Å². The van der Waals surface area contributed by atoms with E-state index in [4.69, 9.17) is 16.3 Å². The fourth-order valence-electron chi connectivity index (χ4n) is 2.25. The Kier molecular flexibility index (Phi) is 6.63. The van der Waals surface area contributed by atoms with Crippen LogP contribution >= 0.6 is 11.6 Å². The molecule has 1 N–H and O–H groups in total. The minimum absolute atomic E-state index is 0.116. The number of carbonyl (C=O) groups excluding carboxylic acids is 1. The number of rotatable bonds is 8. The van der Waals surface area contributed by atoms with E-state index in [1.54, 1.807) is 35.6 Å². The van der Waals surface area contributed by atoms with E-state index in [1.807, 2.05) is 18.5 Å². The highest BCUT2D eigenvalue weighted by molar-refractivity contribution is 6.32. The van der Waals surface area contributed by atoms with Gasteiger partial charge in [-0.05, 0) is 24.6 Å². The first-order chi connectivity index (χ1) is 11.6. The summed E-state index contributed by atoms with van der Waals surface area (Å²) in [6.45, 7) is 3.06. The molecule has 1 amide bonds. The highest BCUT2D eigenvalue weighted by Gasteiger charge is 2.18. The van der Waals surface area contributed by atoms with Crippen molar-refractivity contribution in [1.29, 1.82) is 0 Å². The van der Waals surface area contributed by atoms with E-state index >= 15 is 0 Å². The Balaban J connectivity index is 2.17. The molecule has 24 heavy (non-hydrogen) atoms. The molecule has 0 aliphatic heterocycles. The van der Waals surface area contributed by atoms with Crippen molar-refractivity contribution in [1.82, 2.24) is 14.5 Å². The van der Waals surface area contributed by atoms with Crippen LogP contribution in [0.15, 0.2) is 30.7 Å². The number of hydrogen-bond donors (Lipinski definition) is 1. The van der Waals surface area contributed by atoms with Gasteiger partial charge in [0.1, 0.15) is 5.75 Å². The van der Waals surface area contributed by atoms with Crippen molar-refractivity contribution in [3.05, 3.63) is 47.0 Å².